The van der Waals surface area contributed by atoms with Gasteiger partial charge in [0.05, 0.1) is 11.4 Å². The van der Waals surface area contributed by atoms with Gasteiger partial charge in [0.15, 0.2) is 0 Å². The summed E-state index contributed by atoms with van der Waals surface area (Å²) in [7, 11) is 0. The van der Waals surface area contributed by atoms with Gasteiger partial charge < -0.3 is 10.2 Å². The first-order chi connectivity index (χ1) is 17.4. The van der Waals surface area contributed by atoms with Crippen molar-refractivity contribution in [1.82, 2.24) is 20.0 Å². The van der Waals surface area contributed by atoms with E-state index in [1.54, 1.807) is 20.9 Å². The van der Waals surface area contributed by atoms with E-state index in [2.05, 4.69) is 24.4 Å². The van der Waals surface area contributed by atoms with Crippen LogP contribution in [0.25, 0.3) is 10.6 Å². The number of nitrogens with zero attached hydrogens (tertiary/aromatic N) is 3. The van der Waals surface area contributed by atoms with Crippen molar-refractivity contribution in [3.63, 3.8) is 0 Å². The number of aromatic nitrogens is 2. The highest BCUT2D eigenvalue weighted by Crippen LogP contribution is 2.32. The van der Waals surface area contributed by atoms with Crippen molar-refractivity contribution in [2.24, 2.45) is 0 Å². The topological polar surface area (TPSA) is 67.2 Å². The second kappa shape index (κ2) is 9.74. The Labute approximate surface area is 215 Å². The molecule has 1 aliphatic heterocycles. The molecular weight excluding hydrogens is 468 g/mol. The van der Waals surface area contributed by atoms with Gasteiger partial charge in [-0.15, -0.1) is 11.3 Å². The second-order valence-electron chi connectivity index (χ2n) is 9.55. The molecule has 0 radical (unpaired) electrons. The highest BCUT2D eigenvalue weighted by molar-refractivity contribution is 7.13. The molecule has 5 rings (SSSR count). The third-order valence-electron chi connectivity index (χ3n) is 6.91. The van der Waals surface area contributed by atoms with Gasteiger partial charge in [-0.3, -0.25) is 14.3 Å². The zero-order valence-corrected chi connectivity index (χ0v) is 21.6. The molecule has 0 bridgehead atoms. The Hall–Kier alpha value is -3.71. The maximum atomic E-state index is 13.8. The maximum Gasteiger partial charge on any atom is 0.273 e. The number of fused-ring (bicyclic) bond motifs is 1. The Kier molecular flexibility index (Phi) is 6.49. The Balaban J connectivity index is 1.47. The van der Waals surface area contributed by atoms with Gasteiger partial charge in [-0.1, -0.05) is 67.1 Å². The fourth-order valence-corrected chi connectivity index (χ4v) is 5.26. The zero-order chi connectivity index (χ0) is 25.3. The van der Waals surface area contributed by atoms with Crippen LogP contribution in [0.3, 0.4) is 0 Å². The van der Waals surface area contributed by atoms with E-state index in [-0.39, 0.29) is 18.4 Å². The highest BCUT2D eigenvalue weighted by atomic mass is 32.1. The molecule has 2 aromatic heterocycles. The Morgan fingerprint density at radius 1 is 1.06 bits per heavy atom. The fourth-order valence-electron chi connectivity index (χ4n) is 4.58. The summed E-state index contributed by atoms with van der Waals surface area (Å²) in [4.78, 5) is 30.3. The minimum Gasteiger partial charge on any atom is -0.350 e. The van der Waals surface area contributed by atoms with Crippen LogP contribution < -0.4 is 5.32 Å². The molecule has 4 aromatic rings. The molecule has 3 heterocycles. The number of benzene rings is 2. The van der Waals surface area contributed by atoms with Crippen molar-refractivity contribution >= 4 is 23.2 Å². The molecule has 1 atom stereocenters. The summed E-state index contributed by atoms with van der Waals surface area (Å²) in [5, 5.41) is 9.78. The summed E-state index contributed by atoms with van der Waals surface area (Å²) in [5.41, 5.74) is 4.57. The lowest BCUT2D eigenvalue weighted by Gasteiger charge is -2.43. The fraction of sp³-hybridized carbons (Fsp3) is 0.276. The van der Waals surface area contributed by atoms with Crippen LogP contribution in [-0.4, -0.2) is 32.0 Å². The molecule has 0 fully saturated rings. The van der Waals surface area contributed by atoms with Crippen molar-refractivity contribution in [3.05, 3.63) is 100 Å². The van der Waals surface area contributed by atoms with Crippen LogP contribution >= 0.6 is 11.3 Å². The van der Waals surface area contributed by atoms with Crippen molar-refractivity contribution < 1.29 is 9.59 Å². The largest absolute Gasteiger partial charge is 0.350 e. The summed E-state index contributed by atoms with van der Waals surface area (Å²) in [6.45, 7) is 7.02. The first kappa shape index (κ1) is 24.0. The molecule has 0 saturated heterocycles. The van der Waals surface area contributed by atoms with Gasteiger partial charge in [-0.2, -0.15) is 5.10 Å². The van der Waals surface area contributed by atoms with Crippen molar-refractivity contribution in [2.75, 3.05) is 0 Å². The van der Waals surface area contributed by atoms with Crippen LogP contribution in [0.5, 0.6) is 0 Å². The van der Waals surface area contributed by atoms with Gasteiger partial charge >= 0.3 is 0 Å². The SMILES string of the molecule is CCc1ccc(CN2C(=O)c3cc(-c4cccs4)nn3C[C@@]2(C)C(=O)NCc2ccc(C)cc2)cc1. The lowest BCUT2D eigenvalue weighted by Crippen LogP contribution is -2.63. The van der Waals surface area contributed by atoms with E-state index in [1.165, 1.54) is 11.1 Å². The van der Waals surface area contributed by atoms with E-state index in [9.17, 15) is 9.59 Å². The first-order valence-corrected chi connectivity index (χ1v) is 13.1. The number of nitrogens with one attached hydrogen (secondary N) is 1. The van der Waals surface area contributed by atoms with Crippen LogP contribution in [0, 0.1) is 6.92 Å². The zero-order valence-electron chi connectivity index (χ0n) is 20.8. The van der Waals surface area contributed by atoms with Gasteiger partial charge in [-0.05, 0) is 54.5 Å². The number of aryl methyl sites for hydroxylation is 2. The molecule has 0 saturated carbocycles. The summed E-state index contributed by atoms with van der Waals surface area (Å²) in [5.74, 6) is -0.385. The monoisotopic (exact) mass is 498 g/mol. The Morgan fingerprint density at radius 3 is 2.42 bits per heavy atom. The van der Waals surface area contributed by atoms with Gasteiger partial charge in [0.1, 0.15) is 16.9 Å². The Bertz CT molecular complexity index is 1370. The van der Waals surface area contributed by atoms with E-state index in [4.69, 9.17) is 5.10 Å². The van der Waals surface area contributed by atoms with Gasteiger partial charge in [0.2, 0.25) is 5.91 Å². The molecule has 0 aliphatic carbocycles. The summed E-state index contributed by atoms with van der Waals surface area (Å²) < 4.78 is 1.69. The number of carbonyl (C=O) groups is 2. The molecule has 2 aromatic carbocycles. The normalized spacial score (nSPS) is 17.2. The van der Waals surface area contributed by atoms with Crippen LogP contribution in [-0.2, 0) is 30.8 Å². The van der Waals surface area contributed by atoms with Crippen LogP contribution in [0.4, 0.5) is 0 Å². The second-order valence-corrected chi connectivity index (χ2v) is 10.5. The van der Waals surface area contributed by atoms with Crippen LogP contribution in [0.2, 0.25) is 0 Å². The quantitative estimate of drug-likeness (QED) is 0.380. The van der Waals surface area contributed by atoms with E-state index in [1.807, 2.05) is 73.8 Å². The molecule has 1 N–H and O–H groups in total. The molecular formula is C29H30N4O2S. The van der Waals surface area contributed by atoms with E-state index in [0.29, 0.717) is 18.8 Å². The minimum absolute atomic E-state index is 0.191. The van der Waals surface area contributed by atoms with Crippen LogP contribution in [0.1, 0.15) is 46.6 Å². The lowest BCUT2D eigenvalue weighted by molar-refractivity contribution is -0.133. The standard InChI is InChI=1S/C29H30N4O2S/c1-4-21-11-13-23(14-12-21)18-32-27(34)25-16-24(26-6-5-15-36-26)31-33(25)19-29(32,3)28(35)30-17-22-9-7-20(2)8-10-22/h5-16H,4,17-19H2,1-3H3,(H,30,35)/t29-/m0/s1. The lowest BCUT2D eigenvalue weighted by atomic mass is 9.93. The molecule has 36 heavy (non-hydrogen) atoms. The third-order valence-corrected chi connectivity index (χ3v) is 7.80. The Morgan fingerprint density at radius 2 is 1.75 bits per heavy atom. The number of hydrogen-bond donors (Lipinski definition) is 1. The molecule has 6 nitrogen and oxygen atoms in total. The highest BCUT2D eigenvalue weighted by Gasteiger charge is 2.48. The predicted octanol–water partition coefficient (Wildman–Crippen LogP) is 5.21. The molecule has 184 valence electrons. The number of thiophene rings is 1. The predicted molar refractivity (Wildman–Crippen MR) is 143 cm³/mol. The summed E-state index contributed by atoms with van der Waals surface area (Å²) in [6.07, 6.45) is 0.951. The molecule has 7 heteroatoms. The molecule has 2 amide bonds. The van der Waals surface area contributed by atoms with Gasteiger partial charge in [0.25, 0.3) is 5.91 Å². The van der Waals surface area contributed by atoms with Gasteiger partial charge in [0, 0.05) is 13.1 Å². The third kappa shape index (κ3) is 4.58. The molecule has 1 aliphatic rings. The van der Waals surface area contributed by atoms with E-state index in [0.717, 1.165) is 28.1 Å². The number of rotatable bonds is 7. The van der Waals surface area contributed by atoms with Crippen molar-refractivity contribution in [3.8, 4) is 10.6 Å². The van der Waals surface area contributed by atoms with Crippen molar-refractivity contribution in [2.45, 2.75) is 52.4 Å². The average molecular weight is 499 g/mol. The number of amides is 2. The molecule has 0 spiro atoms. The number of carbonyl (C=O) groups excluding carboxylic acids is 2. The van der Waals surface area contributed by atoms with Gasteiger partial charge in [-0.25, -0.2) is 0 Å². The van der Waals surface area contributed by atoms with Crippen molar-refractivity contribution in [1.29, 1.82) is 0 Å². The maximum absolute atomic E-state index is 13.8. The minimum atomic E-state index is -1.10. The van der Waals surface area contributed by atoms with E-state index < -0.39 is 5.54 Å². The molecule has 0 unspecified atom stereocenters. The average Bonchev–Trinajstić information content (AvgIpc) is 3.57. The van der Waals surface area contributed by atoms with E-state index >= 15 is 0 Å². The number of hydrogen-bond acceptors (Lipinski definition) is 4. The summed E-state index contributed by atoms with van der Waals surface area (Å²) in [6, 6.07) is 22.1. The van der Waals surface area contributed by atoms with Crippen LogP contribution in [0.15, 0.2) is 72.1 Å². The smallest absolute Gasteiger partial charge is 0.273 e. The first-order valence-electron chi connectivity index (χ1n) is 12.2. The summed E-state index contributed by atoms with van der Waals surface area (Å²) >= 11 is 1.58.